The van der Waals surface area contributed by atoms with Crippen LogP contribution in [-0.2, 0) is 23.5 Å². The summed E-state index contributed by atoms with van der Waals surface area (Å²) in [5.41, 5.74) is 1.52. The Morgan fingerprint density at radius 3 is 2.80 bits per heavy atom. The van der Waals surface area contributed by atoms with Gasteiger partial charge in [0, 0.05) is 0 Å². The molecule has 0 atom stereocenters. The number of fused-ring (bicyclic) bond motifs is 1. The fourth-order valence-corrected chi connectivity index (χ4v) is 2.74. The smallest absolute Gasteiger partial charge is 0.296 e. The molecule has 0 fully saturated rings. The lowest BCUT2D eigenvalue weighted by molar-refractivity contribution is -0.0567. The van der Waals surface area contributed by atoms with Crippen LogP contribution in [0.25, 0.3) is 0 Å². The summed E-state index contributed by atoms with van der Waals surface area (Å²) in [6.07, 6.45) is 0. The molecule has 0 spiro atoms. The summed E-state index contributed by atoms with van der Waals surface area (Å²) < 4.78 is 12.8. The van der Waals surface area contributed by atoms with Gasteiger partial charge in [0.1, 0.15) is 18.0 Å². The van der Waals surface area contributed by atoms with E-state index in [1.165, 1.54) is 4.57 Å². The molecule has 1 aromatic carbocycles. The number of hydrogen-bond acceptors (Lipinski definition) is 6. The number of ether oxygens (including phenoxy) is 2. The molecule has 1 aliphatic rings. The van der Waals surface area contributed by atoms with Gasteiger partial charge in [0.2, 0.25) is 5.75 Å². The van der Waals surface area contributed by atoms with Crippen molar-refractivity contribution in [1.82, 2.24) is 15.0 Å². The second-order valence-corrected chi connectivity index (χ2v) is 6.18. The van der Waals surface area contributed by atoms with Crippen LogP contribution in [0.3, 0.4) is 0 Å². The fourth-order valence-electron chi connectivity index (χ4n) is 2.74. The van der Waals surface area contributed by atoms with Crippen molar-refractivity contribution < 1.29 is 14.3 Å². The lowest BCUT2D eigenvalue weighted by atomic mass is 10.1. The maximum atomic E-state index is 12.9. The number of nitrogen functional groups attached to an aromatic ring is 1. The normalized spacial score (nSPS) is 15.3. The van der Waals surface area contributed by atoms with E-state index in [4.69, 9.17) is 15.3 Å². The van der Waals surface area contributed by atoms with Gasteiger partial charge >= 0.3 is 0 Å². The second-order valence-electron chi connectivity index (χ2n) is 6.18. The highest BCUT2D eigenvalue weighted by molar-refractivity contribution is 5.94. The van der Waals surface area contributed by atoms with Crippen LogP contribution in [0.1, 0.15) is 35.7 Å². The minimum Gasteiger partial charge on any atom is -0.481 e. The number of aromatic nitrogens is 2. The number of nitrogens with two attached hydrogens (primary N) is 1. The van der Waals surface area contributed by atoms with Crippen LogP contribution in [-0.4, -0.2) is 22.1 Å². The molecule has 0 aliphatic carbocycles. The molecule has 1 aromatic heterocycles. The Kier molecular flexibility index (Phi) is 4.56. The van der Waals surface area contributed by atoms with E-state index in [9.17, 15) is 9.59 Å². The Morgan fingerprint density at radius 1 is 1.40 bits per heavy atom. The van der Waals surface area contributed by atoms with Crippen molar-refractivity contribution in [3.63, 3.8) is 0 Å². The van der Waals surface area contributed by atoms with Crippen molar-refractivity contribution in [2.75, 3.05) is 6.61 Å². The first kappa shape index (κ1) is 17.1. The average Bonchev–Trinajstić information content (AvgIpc) is 2.61. The monoisotopic (exact) mass is 344 g/mol. The van der Waals surface area contributed by atoms with E-state index in [-0.39, 0.29) is 18.1 Å². The molecule has 0 saturated heterocycles. The summed E-state index contributed by atoms with van der Waals surface area (Å²) in [6.45, 7) is 4.44. The number of nitrogens with zero attached hydrogens (tertiary/aromatic N) is 2. The van der Waals surface area contributed by atoms with Gasteiger partial charge in [0.15, 0.2) is 5.69 Å². The number of amides is 1. The first-order valence-electron chi connectivity index (χ1n) is 7.91. The van der Waals surface area contributed by atoms with Gasteiger partial charge in [-0.15, -0.1) is 0 Å². The van der Waals surface area contributed by atoms with E-state index in [2.05, 4.69) is 4.98 Å². The first-order chi connectivity index (χ1) is 11.9. The number of nitrogens with one attached hydrogen (secondary N) is 1. The first-order valence-corrected chi connectivity index (χ1v) is 7.91. The minimum atomic E-state index is -0.793. The Hall–Kier alpha value is -2.71. The third-order valence-corrected chi connectivity index (χ3v) is 4.02. The molecule has 132 valence electrons. The van der Waals surface area contributed by atoms with Crippen molar-refractivity contribution in [2.24, 2.45) is 5.84 Å². The lowest BCUT2D eigenvalue weighted by Gasteiger charge is -2.32. The SMILES string of the molecule is CC1(C)OCCn2c1nc(C(=O)NN)c(OCc1ccccc1)c2=O. The van der Waals surface area contributed by atoms with Crippen LogP contribution in [0.2, 0.25) is 0 Å². The van der Waals surface area contributed by atoms with Gasteiger partial charge in [-0.25, -0.2) is 10.8 Å². The molecule has 3 N–H and O–H groups in total. The summed E-state index contributed by atoms with van der Waals surface area (Å²) in [5, 5.41) is 0. The number of hydrogen-bond donors (Lipinski definition) is 2. The average molecular weight is 344 g/mol. The van der Waals surface area contributed by atoms with Crippen molar-refractivity contribution in [1.29, 1.82) is 0 Å². The predicted octanol–water partition coefficient (Wildman–Crippen LogP) is 0.691. The summed E-state index contributed by atoms with van der Waals surface area (Å²) in [4.78, 5) is 29.3. The van der Waals surface area contributed by atoms with Crippen LogP contribution in [0.4, 0.5) is 0 Å². The molecule has 25 heavy (non-hydrogen) atoms. The van der Waals surface area contributed by atoms with Gasteiger partial charge in [-0.2, -0.15) is 0 Å². The largest absolute Gasteiger partial charge is 0.481 e. The fraction of sp³-hybridized carbons (Fsp3) is 0.353. The van der Waals surface area contributed by atoms with Crippen molar-refractivity contribution in [3.8, 4) is 5.75 Å². The third kappa shape index (κ3) is 3.26. The molecular formula is C17H20N4O4. The molecule has 2 aromatic rings. The lowest BCUT2D eigenvalue weighted by Crippen LogP contribution is -2.43. The molecule has 2 heterocycles. The maximum Gasteiger partial charge on any atom is 0.296 e. The van der Waals surface area contributed by atoms with Gasteiger partial charge < -0.3 is 9.47 Å². The zero-order valence-corrected chi connectivity index (χ0v) is 14.1. The standard InChI is InChI=1S/C17H20N4O4/c1-17(2)16-19-12(14(22)20-18)13(15(23)21(16)8-9-25-17)24-10-11-6-4-3-5-7-11/h3-7H,8-10,18H2,1-2H3,(H,20,22). The molecular weight excluding hydrogens is 324 g/mol. The molecule has 0 radical (unpaired) electrons. The summed E-state index contributed by atoms with van der Waals surface area (Å²) in [7, 11) is 0. The number of carbonyl (C=O) groups is 1. The number of benzene rings is 1. The van der Waals surface area contributed by atoms with Crippen LogP contribution >= 0.6 is 0 Å². The van der Waals surface area contributed by atoms with Gasteiger partial charge in [-0.1, -0.05) is 30.3 Å². The van der Waals surface area contributed by atoms with Crippen LogP contribution in [0.15, 0.2) is 35.1 Å². The van der Waals surface area contributed by atoms with Crippen LogP contribution in [0.5, 0.6) is 5.75 Å². The summed E-state index contributed by atoms with van der Waals surface area (Å²) in [6, 6.07) is 9.34. The van der Waals surface area contributed by atoms with E-state index < -0.39 is 17.1 Å². The van der Waals surface area contributed by atoms with Crippen molar-refractivity contribution in [2.45, 2.75) is 32.6 Å². The van der Waals surface area contributed by atoms with E-state index in [1.807, 2.05) is 35.8 Å². The van der Waals surface area contributed by atoms with E-state index in [1.54, 1.807) is 13.8 Å². The molecule has 1 aliphatic heterocycles. The quantitative estimate of drug-likeness (QED) is 0.480. The highest BCUT2D eigenvalue weighted by Gasteiger charge is 2.34. The number of hydrazine groups is 1. The Bertz CT molecular complexity index is 846. The molecule has 8 nitrogen and oxygen atoms in total. The Morgan fingerprint density at radius 2 is 2.12 bits per heavy atom. The minimum absolute atomic E-state index is 0.117. The molecule has 1 amide bonds. The maximum absolute atomic E-state index is 12.9. The number of carbonyl (C=O) groups excluding carboxylic acids is 1. The third-order valence-electron chi connectivity index (χ3n) is 4.02. The van der Waals surface area contributed by atoms with Gasteiger partial charge in [0.25, 0.3) is 11.5 Å². The highest BCUT2D eigenvalue weighted by Crippen LogP contribution is 2.27. The van der Waals surface area contributed by atoms with Crippen LogP contribution < -0.4 is 21.6 Å². The molecule has 8 heteroatoms. The Labute approximate surface area is 144 Å². The molecule has 3 rings (SSSR count). The topological polar surface area (TPSA) is 108 Å². The van der Waals surface area contributed by atoms with E-state index in [0.717, 1.165) is 5.56 Å². The zero-order chi connectivity index (χ0) is 18.0. The summed E-state index contributed by atoms with van der Waals surface area (Å²) >= 11 is 0. The molecule has 0 saturated carbocycles. The summed E-state index contributed by atoms with van der Waals surface area (Å²) in [5.74, 6) is 4.80. The van der Waals surface area contributed by atoms with E-state index in [0.29, 0.717) is 19.0 Å². The zero-order valence-electron chi connectivity index (χ0n) is 14.1. The van der Waals surface area contributed by atoms with Crippen molar-refractivity contribution in [3.05, 3.63) is 57.8 Å². The van der Waals surface area contributed by atoms with Crippen molar-refractivity contribution >= 4 is 5.91 Å². The highest BCUT2D eigenvalue weighted by atomic mass is 16.5. The van der Waals surface area contributed by atoms with Gasteiger partial charge in [-0.05, 0) is 19.4 Å². The number of rotatable bonds is 4. The van der Waals surface area contributed by atoms with Crippen LogP contribution in [0, 0.1) is 0 Å². The van der Waals surface area contributed by atoms with E-state index >= 15 is 0 Å². The van der Waals surface area contributed by atoms with Gasteiger partial charge in [-0.3, -0.25) is 19.6 Å². The molecule has 0 bridgehead atoms. The predicted molar refractivity (Wildman–Crippen MR) is 89.9 cm³/mol. The Balaban J connectivity index is 2.07. The van der Waals surface area contributed by atoms with Gasteiger partial charge in [0.05, 0.1) is 13.2 Å². The second kappa shape index (κ2) is 6.66. The molecule has 0 unspecified atom stereocenters.